The maximum absolute atomic E-state index is 11.3. The van der Waals surface area contributed by atoms with Crippen LogP contribution in [0.2, 0.25) is 0 Å². The SMILES string of the molecule is O=[N+]([O-])c1ccc(-c2nnc(-c3cc4cccnc4nc3-c3cccc([N+](=O)[O-])c3)o2)cc1. The number of benzene rings is 2. The van der Waals surface area contributed by atoms with E-state index in [2.05, 4.69) is 20.2 Å². The van der Waals surface area contributed by atoms with Gasteiger partial charge in [-0.2, -0.15) is 0 Å². The van der Waals surface area contributed by atoms with Crippen LogP contribution in [-0.4, -0.2) is 30.0 Å². The van der Waals surface area contributed by atoms with Gasteiger partial charge in [-0.15, -0.1) is 10.2 Å². The standard InChI is InChI=1S/C22H12N6O5/c29-27(30)16-8-6-13(7-9-16)21-25-26-22(33-21)18-12-15-4-2-10-23-20(15)24-19(18)14-3-1-5-17(11-14)28(31)32/h1-12H. The summed E-state index contributed by atoms with van der Waals surface area (Å²) in [5.41, 5.74) is 2.17. The Morgan fingerprint density at radius 3 is 2.27 bits per heavy atom. The largest absolute Gasteiger partial charge is 0.416 e. The lowest BCUT2D eigenvalue weighted by atomic mass is 10.0. The molecule has 160 valence electrons. The molecule has 3 heterocycles. The summed E-state index contributed by atoms with van der Waals surface area (Å²) in [7, 11) is 0. The Labute approximate surface area is 184 Å². The molecule has 0 unspecified atom stereocenters. The smallest absolute Gasteiger partial charge is 0.270 e. The maximum atomic E-state index is 11.3. The minimum Gasteiger partial charge on any atom is -0.416 e. The number of hydrogen-bond donors (Lipinski definition) is 0. The third-order valence-corrected chi connectivity index (χ3v) is 4.90. The summed E-state index contributed by atoms with van der Waals surface area (Å²) < 4.78 is 5.86. The van der Waals surface area contributed by atoms with Crippen molar-refractivity contribution < 1.29 is 14.3 Å². The molecule has 5 aromatic rings. The lowest BCUT2D eigenvalue weighted by molar-refractivity contribution is -0.385. The second-order valence-electron chi connectivity index (χ2n) is 6.96. The number of non-ortho nitro benzene ring substituents is 2. The minimum atomic E-state index is -0.497. The van der Waals surface area contributed by atoms with Gasteiger partial charge in [0, 0.05) is 47.0 Å². The van der Waals surface area contributed by atoms with Gasteiger partial charge in [-0.05, 0) is 30.3 Å². The van der Waals surface area contributed by atoms with Crippen molar-refractivity contribution in [2.75, 3.05) is 0 Å². The van der Waals surface area contributed by atoms with Crippen molar-refractivity contribution in [3.63, 3.8) is 0 Å². The van der Waals surface area contributed by atoms with Gasteiger partial charge in [0.1, 0.15) is 0 Å². The average Bonchev–Trinajstić information content (AvgIpc) is 3.33. The Hall–Kier alpha value is -5.06. The van der Waals surface area contributed by atoms with Crippen LogP contribution in [0.4, 0.5) is 11.4 Å². The Morgan fingerprint density at radius 2 is 1.52 bits per heavy atom. The summed E-state index contributed by atoms with van der Waals surface area (Å²) in [4.78, 5) is 30.0. The molecule has 0 aliphatic rings. The van der Waals surface area contributed by atoms with E-state index in [1.54, 1.807) is 30.5 Å². The van der Waals surface area contributed by atoms with Crippen molar-refractivity contribution in [3.05, 3.63) is 93.2 Å². The first-order chi connectivity index (χ1) is 16.0. The van der Waals surface area contributed by atoms with Gasteiger partial charge < -0.3 is 4.42 Å². The number of rotatable bonds is 5. The van der Waals surface area contributed by atoms with Crippen molar-refractivity contribution >= 4 is 22.4 Å². The fourth-order valence-electron chi connectivity index (χ4n) is 3.33. The monoisotopic (exact) mass is 440 g/mol. The predicted octanol–water partition coefficient (Wildman–Crippen LogP) is 4.83. The molecule has 0 atom stereocenters. The summed E-state index contributed by atoms with van der Waals surface area (Å²) in [6.45, 7) is 0. The molecule has 0 N–H and O–H groups in total. The molecule has 0 bridgehead atoms. The first kappa shape index (κ1) is 19.9. The van der Waals surface area contributed by atoms with Crippen LogP contribution < -0.4 is 0 Å². The number of fused-ring (bicyclic) bond motifs is 1. The molecule has 11 heteroatoms. The van der Waals surface area contributed by atoms with E-state index < -0.39 is 9.85 Å². The van der Waals surface area contributed by atoms with Gasteiger partial charge in [0.25, 0.3) is 11.4 Å². The van der Waals surface area contributed by atoms with E-state index in [0.29, 0.717) is 28.0 Å². The highest BCUT2D eigenvalue weighted by Crippen LogP contribution is 2.35. The molecule has 0 amide bonds. The zero-order chi connectivity index (χ0) is 22.9. The molecule has 0 saturated heterocycles. The number of aromatic nitrogens is 4. The first-order valence-corrected chi connectivity index (χ1v) is 9.59. The van der Waals surface area contributed by atoms with E-state index in [0.717, 1.165) is 5.39 Å². The number of hydrogen-bond acceptors (Lipinski definition) is 9. The molecule has 11 nitrogen and oxygen atoms in total. The molecule has 0 radical (unpaired) electrons. The van der Waals surface area contributed by atoms with E-state index >= 15 is 0 Å². The number of nitro benzene ring substituents is 2. The Morgan fingerprint density at radius 1 is 0.758 bits per heavy atom. The molecule has 5 rings (SSSR count). The van der Waals surface area contributed by atoms with Crippen molar-refractivity contribution in [1.29, 1.82) is 0 Å². The molecule has 0 fully saturated rings. The normalized spacial score (nSPS) is 10.9. The molecule has 3 aromatic heterocycles. The van der Waals surface area contributed by atoms with Gasteiger partial charge in [-0.3, -0.25) is 20.2 Å². The number of pyridine rings is 2. The lowest BCUT2D eigenvalue weighted by Gasteiger charge is -2.08. The van der Waals surface area contributed by atoms with Crippen LogP contribution in [0.25, 0.3) is 45.2 Å². The van der Waals surface area contributed by atoms with Gasteiger partial charge in [0.15, 0.2) is 5.65 Å². The van der Waals surface area contributed by atoms with Crippen LogP contribution in [0.15, 0.2) is 77.3 Å². The van der Waals surface area contributed by atoms with Crippen molar-refractivity contribution in [1.82, 2.24) is 20.2 Å². The van der Waals surface area contributed by atoms with Gasteiger partial charge in [0.2, 0.25) is 11.8 Å². The van der Waals surface area contributed by atoms with Crippen LogP contribution in [0.5, 0.6) is 0 Å². The van der Waals surface area contributed by atoms with E-state index in [4.69, 9.17) is 4.42 Å². The molecule has 0 spiro atoms. The maximum Gasteiger partial charge on any atom is 0.270 e. The molecule has 2 aromatic carbocycles. The van der Waals surface area contributed by atoms with Crippen LogP contribution in [0.1, 0.15) is 0 Å². The van der Waals surface area contributed by atoms with Crippen molar-refractivity contribution in [3.8, 4) is 34.2 Å². The summed E-state index contributed by atoms with van der Waals surface area (Å²) in [6, 6.07) is 17.1. The lowest BCUT2D eigenvalue weighted by Crippen LogP contribution is -1.94. The fourth-order valence-corrected chi connectivity index (χ4v) is 3.33. The van der Waals surface area contributed by atoms with Crippen LogP contribution in [0.3, 0.4) is 0 Å². The topological polar surface area (TPSA) is 151 Å². The molecular weight excluding hydrogens is 428 g/mol. The molecule has 0 saturated carbocycles. The second kappa shape index (κ2) is 7.89. The Kier molecular flexibility index (Phi) is 4.75. The van der Waals surface area contributed by atoms with E-state index in [-0.39, 0.29) is 23.2 Å². The Bertz CT molecular complexity index is 1530. The number of nitro groups is 2. The van der Waals surface area contributed by atoms with Crippen LogP contribution in [0, 0.1) is 20.2 Å². The van der Waals surface area contributed by atoms with Crippen LogP contribution >= 0.6 is 0 Å². The summed E-state index contributed by atoms with van der Waals surface area (Å²) in [6.07, 6.45) is 1.60. The van der Waals surface area contributed by atoms with Crippen molar-refractivity contribution in [2.45, 2.75) is 0 Å². The fraction of sp³-hybridized carbons (Fsp3) is 0. The highest BCUT2D eigenvalue weighted by molar-refractivity contribution is 5.88. The van der Waals surface area contributed by atoms with Gasteiger partial charge in [-0.25, -0.2) is 9.97 Å². The van der Waals surface area contributed by atoms with Gasteiger partial charge in [0.05, 0.1) is 21.1 Å². The zero-order valence-corrected chi connectivity index (χ0v) is 16.7. The molecule has 0 aliphatic heterocycles. The van der Waals surface area contributed by atoms with E-state index in [1.165, 1.54) is 36.4 Å². The molecule has 0 aliphatic carbocycles. The van der Waals surface area contributed by atoms with E-state index in [1.807, 2.05) is 6.07 Å². The van der Waals surface area contributed by atoms with Crippen LogP contribution in [-0.2, 0) is 0 Å². The second-order valence-corrected chi connectivity index (χ2v) is 6.96. The third-order valence-electron chi connectivity index (χ3n) is 4.90. The average molecular weight is 440 g/mol. The first-order valence-electron chi connectivity index (χ1n) is 9.59. The van der Waals surface area contributed by atoms with Crippen molar-refractivity contribution in [2.24, 2.45) is 0 Å². The molecule has 33 heavy (non-hydrogen) atoms. The minimum absolute atomic E-state index is 0.0577. The Balaban J connectivity index is 1.65. The zero-order valence-electron chi connectivity index (χ0n) is 16.7. The highest BCUT2D eigenvalue weighted by Gasteiger charge is 2.20. The summed E-state index contributed by atoms with van der Waals surface area (Å²) in [5.74, 6) is 0.305. The molecular formula is C22H12N6O5. The highest BCUT2D eigenvalue weighted by atomic mass is 16.6. The van der Waals surface area contributed by atoms with Gasteiger partial charge in [-0.1, -0.05) is 12.1 Å². The quantitative estimate of drug-likeness (QED) is 0.276. The summed E-state index contributed by atoms with van der Waals surface area (Å²) >= 11 is 0. The number of nitrogens with zero attached hydrogens (tertiary/aromatic N) is 6. The summed E-state index contributed by atoms with van der Waals surface area (Å²) in [5, 5.41) is 31.1. The van der Waals surface area contributed by atoms with E-state index in [9.17, 15) is 20.2 Å². The third kappa shape index (κ3) is 3.74. The predicted molar refractivity (Wildman–Crippen MR) is 117 cm³/mol. The van der Waals surface area contributed by atoms with Gasteiger partial charge >= 0.3 is 0 Å².